The average molecular weight is 787 g/mol. The first kappa shape index (κ1) is 52.5. The van der Waals surface area contributed by atoms with Crippen LogP contribution in [0.1, 0.15) is 194 Å². The molecular weight excluding hydrogens is 701 g/mol. The molecule has 10 heteroatoms. The predicted octanol–water partition coefficient (Wildman–Crippen LogP) is 12.4. The maximum absolute atomic E-state index is 12.7. The Balaban J connectivity index is 4.37. The highest BCUT2D eigenvalue weighted by molar-refractivity contribution is 7.47. The van der Waals surface area contributed by atoms with E-state index in [2.05, 4.69) is 38.2 Å². The summed E-state index contributed by atoms with van der Waals surface area (Å²) < 4.78 is 34.3. The zero-order valence-corrected chi connectivity index (χ0v) is 36.6. The molecule has 0 heterocycles. The molecule has 0 bridgehead atoms. The first-order valence-corrected chi connectivity index (χ1v) is 23.6. The zero-order valence-electron chi connectivity index (χ0n) is 35.7. The van der Waals surface area contributed by atoms with Crippen LogP contribution in [-0.2, 0) is 32.7 Å². The summed E-state index contributed by atoms with van der Waals surface area (Å²) in [6.07, 6.45) is 39.3. The van der Waals surface area contributed by atoms with Crippen LogP contribution >= 0.6 is 7.82 Å². The number of esters is 2. The van der Waals surface area contributed by atoms with Gasteiger partial charge in [0.25, 0.3) is 0 Å². The molecule has 1 N–H and O–H groups in total. The van der Waals surface area contributed by atoms with Crippen LogP contribution in [0.25, 0.3) is 0 Å². The summed E-state index contributed by atoms with van der Waals surface area (Å²) in [5, 5.41) is 0. The van der Waals surface area contributed by atoms with Crippen molar-refractivity contribution >= 4 is 19.8 Å². The lowest BCUT2D eigenvalue weighted by molar-refractivity contribution is -0.870. The number of phosphoric acid groups is 1. The topological polar surface area (TPSA) is 108 Å². The van der Waals surface area contributed by atoms with Crippen LogP contribution in [0.3, 0.4) is 0 Å². The summed E-state index contributed by atoms with van der Waals surface area (Å²) >= 11 is 0. The quantitative estimate of drug-likeness (QED) is 0.0215. The molecule has 0 amide bonds. The van der Waals surface area contributed by atoms with E-state index in [0.717, 1.165) is 44.9 Å². The van der Waals surface area contributed by atoms with Crippen LogP contribution in [0.15, 0.2) is 24.3 Å². The third-order valence-electron chi connectivity index (χ3n) is 9.45. The lowest BCUT2D eigenvalue weighted by atomic mass is 10.1. The summed E-state index contributed by atoms with van der Waals surface area (Å²) in [4.78, 5) is 35.3. The number of unbranched alkanes of at least 4 members (excludes halogenated alkanes) is 22. The van der Waals surface area contributed by atoms with E-state index in [1.807, 2.05) is 21.1 Å². The van der Waals surface area contributed by atoms with Crippen molar-refractivity contribution in [1.29, 1.82) is 0 Å². The second kappa shape index (κ2) is 37.1. The molecule has 0 aliphatic carbocycles. The Hall–Kier alpha value is -1.51. The lowest BCUT2D eigenvalue weighted by Crippen LogP contribution is -2.37. The molecule has 0 aliphatic heterocycles. The van der Waals surface area contributed by atoms with Gasteiger partial charge in [-0.3, -0.25) is 18.6 Å². The number of carbonyl (C=O) groups is 2. The standard InChI is InChI=1S/C44H84NO8P/c1-6-8-10-12-14-16-18-20-22-24-26-28-30-32-34-36-43(46)50-40-42(41-52-54(48,49)51-39-38-45(3,4)5)53-44(47)37-35-33-31-29-27-25-23-21-19-17-15-13-11-9-7-2/h12,14,25,27,42H,6-11,13,15-24,26,28-41H2,1-5H3/p+1/b14-12+,27-25+/t42-/m1/s1. The van der Waals surface area contributed by atoms with Gasteiger partial charge >= 0.3 is 19.8 Å². The normalized spacial score (nSPS) is 13.8. The first-order chi connectivity index (χ1) is 26.0. The molecule has 0 spiro atoms. The van der Waals surface area contributed by atoms with Crippen LogP contribution < -0.4 is 0 Å². The van der Waals surface area contributed by atoms with Gasteiger partial charge in [0.15, 0.2) is 6.10 Å². The fraction of sp³-hybridized carbons (Fsp3) is 0.864. The molecule has 0 saturated carbocycles. The molecule has 1 unspecified atom stereocenters. The molecule has 0 rings (SSSR count). The minimum Gasteiger partial charge on any atom is -0.462 e. The molecule has 0 aromatic heterocycles. The van der Waals surface area contributed by atoms with E-state index in [-0.39, 0.29) is 32.0 Å². The summed E-state index contributed by atoms with van der Waals surface area (Å²) in [6.45, 7) is 4.38. The van der Waals surface area contributed by atoms with Crippen molar-refractivity contribution < 1.29 is 42.1 Å². The number of phosphoric ester groups is 1. The first-order valence-electron chi connectivity index (χ1n) is 22.1. The Morgan fingerprint density at radius 2 is 0.963 bits per heavy atom. The van der Waals surface area contributed by atoms with Gasteiger partial charge in [-0.15, -0.1) is 0 Å². The minimum atomic E-state index is -4.37. The Morgan fingerprint density at radius 3 is 1.44 bits per heavy atom. The number of allylic oxidation sites excluding steroid dienone is 4. The van der Waals surface area contributed by atoms with Gasteiger partial charge in [-0.1, -0.05) is 147 Å². The second-order valence-corrected chi connectivity index (χ2v) is 17.5. The SMILES string of the molecule is CCCC/C=C/CCCCCCCCCCCC(=O)OC[C@H](COP(=O)(O)OCC[N+](C)(C)C)OC(=O)CCCCC/C=C/CCCCCCCCCC. The van der Waals surface area contributed by atoms with Crippen molar-refractivity contribution in [3.8, 4) is 0 Å². The molecule has 2 atom stereocenters. The van der Waals surface area contributed by atoms with Crippen molar-refractivity contribution in [2.75, 3.05) is 47.5 Å². The van der Waals surface area contributed by atoms with Crippen LogP contribution in [0.4, 0.5) is 0 Å². The van der Waals surface area contributed by atoms with E-state index >= 15 is 0 Å². The Morgan fingerprint density at radius 1 is 0.556 bits per heavy atom. The third kappa shape index (κ3) is 40.2. The van der Waals surface area contributed by atoms with Crippen LogP contribution in [0, 0.1) is 0 Å². The smallest absolute Gasteiger partial charge is 0.462 e. The van der Waals surface area contributed by atoms with Crippen LogP contribution in [-0.4, -0.2) is 74.9 Å². The highest BCUT2D eigenvalue weighted by Crippen LogP contribution is 2.43. The van der Waals surface area contributed by atoms with Crippen LogP contribution in [0.5, 0.6) is 0 Å². The van der Waals surface area contributed by atoms with E-state index in [9.17, 15) is 19.0 Å². The van der Waals surface area contributed by atoms with E-state index < -0.39 is 26.5 Å². The van der Waals surface area contributed by atoms with Gasteiger partial charge in [-0.05, 0) is 57.8 Å². The van der Waals surface area contributed by atoms with Gasteiger partial charge < -0.3 is 18.9 Å². The van der Waals surface area contributed by atoms with E-state index in [4.69, 9.17) is 18.5 Å². The molecule has 318 valence electrons. The molecule has 54 heavy (non-hydrogen) atoms. The molecule has 0 saturated heterocycles. The molecule has 0 aromatic carbocycles. The number of ether oxygens (including phenoxy) is 2. The zero-order chi connectivity index (χ0) is 40.0. The third-order valence-corrected chi connectivity index (χ3v) is 10.4. The van der Waals surface area contributed by atoms with E-state index in [1.54, 1.807) is 0 Å². The molecule has 0 aromatic rings. The summed E-state index contributed by atoms with van der Waals surface area (Å²) in [6, 6.07) is 0. The number of quaternary nitrogens is 1. The van der Waals surface area contributed by atoms with Crippen LogP contribution in [0.2, 0.25) is 0 Å². The van der Waals surface area contributed by atoms with E-state index in [0.29, 0.717) is 17.4 Å². The number of hydrogen-bond donors (Lipinski definition) is 1. The van der Waals surface area contributed by atoms with Gasteiger partial charge in [0.1, 0.15) is 19.8 Å². The van der Waals surface area contributed by atoms with Crippen molar-refractivity contribution in [2.24, 2.45) is 0 Å². The number of nitrogens with zero attached hydrogens (tertiary/aromatic N) is 1. The van der Waals surface area contributed by atoms with Crippen molar-refractivity contribution in [1.82, 2.24) is 0 Å². The largest absolute Gasteiger partial charge is 0.472 e. The van der Waals surface area contributed by atoms with Crippen molar-refractivity contribution in [3.63, 3.8) is 0 Å². The molecule has 9 nitrogen and oxygen atoms in total. The highest BCUT2D eigenvalue weighted by Gasteiger charge is 2.27. The van der Waals surface area contributed by atoms with Gasteiger partial charge in [0, 0.05) is 12.8 Å². The molecule has 0 radical (unpaired) electrons. The number of rotatable bonds is 40. The summed E-state index contributed by atoms with van der Waals surface area (Å²) in [7, 11) is 1.47. The fourth-order valence-electron chi connectivity index (χ4n) is 5.93. The summed E-state index contributed by atoms with van der Waals surface area (Å²) in [5.74, 6) is -0.815. The van der Waals surface area contributed by atoms with Gasteiger partial charge in [0.2, 0.25) is 0 Å². The minimum absolute atomic E-state index is 0.0299. The van der Waals surface area contributed by atoms with Gasteiger partial charge in [-0.25, -0.2) is 4.57 Å². The molecular formula is C44H85NO8P+. The monoisotopic (exact) mass is 787 g/mol. The number of likely N-dealkylation sites (N-methyl/N-ethyl adjacent to an activating group) is 1. The van der Waals surface area contributed by atoms with Crippen molar-refractivity contribution in [3.05, 3.63) is 24.3 Å². The average Bonchev–Trinajstić information content (AvgIpc) is 3.12. The Kier molecular flexibility index (Phi) is 36.1. The van der Waals surface area contributed by atoms with Gasteiger partial charge in [-0.2, -0.15) is 0 Å². The second-order valence-electron chi connectivity index (χ2n) is 16.1. The van der Waals surface area contributed by atoms with Gasteiger partial charge in [0.05, 0.1) is 27.7 Å². The maximum atomic E-state index is 12.7. The Labute approximate surface area is 332 Å². The lowest BCUT2D eigenvalue weighted by Gasteiger charge is -2.24. The highest BCUT2D eigenvalue weighted by atomic mass is 31.2. The number of carbonyl (C=O) groups excluding carboxylic acids is 2. The summed E-state index contributed by atoms with van der Waals surface area (Å²) in [5.41, 5.74) is 0. The maximum Gasteiger partial charge on any atom is 0.472 e. The molecule has 0 fully saturated rings. The van der Waals surface area contributed by atoms with Crippen molar-refractivity contribution in [2.45, 2.75) is 200 Å². The fourth-order valence-corrected chi connectivity index (χ4v) is 6.67. The molecule has 0 aliphatic rings. The van der Waals surface area contributed by atoms with E-state index in [1.165, 1.54) is 116 Å². The Bertz CT molecular complexity index is 980. The number of hydrogen-bond acceptors (Lipinski definition) is 7. The predicted molar refractivity (Wildman–Crippen MR) is 224 cm³/mol.